The van der Waals surface area contributed by atoms with E-state index in [1.807, 2.05) is 18.2 Å². The highest BCUT2D eigenvalue weighted by molar-refractivity contribution is 14.1. The number of carbonyl (C=O) groups excluding carboxylic acids is 2. The number of benzene rings is 1. The van der Waals surface area contributed by atoms with E-state index in [9.17, 15) is 14.7 Å². The minimum Gasteiger partial charge on any atom is -0.461 e. The number of allylic oxidation sites excluding steroid dienone is 1. The fraction of sp³-hybridized carbons (Fsp3) is 0.600. The molecule has 1 aromatic rings. The monoisotopic (exact) mass is 603 g/mol. The lowest BCUT2D eigenvalue weighted by Gasteiger charge is -2.51. The van der Waals surface area contributed by atoms with Gasteiger partial charge in [-0.3, -0.25) is 9.59 Å². The maximum absolute atomic E-state index is 14.3. The number of halogens is 1. The van der Waals surface area contributed by atoms with Crippen LogP contribution in [0.4, 0.5) is 0 Å². The molecule has 1 amide bonds. The van der Waals surface area contributed by atoms with Crippen LogP contribution in [-0.4, -0.2) is 39.2 Å². The number of nitrogens with one attached hydrogen (secondary N) is 1. The van der Waals surface area contributed by atoms with Gasteiger partial charge >= 0.3 is 5.97 Å². The minimum atomic E-state index is -0.992. The molecule has 1 saturated heterocycles. The first-order valence-corrected chi connectivity index (χ1v) is 14.5. The van der Waals surface area contributed by atoms with E-state index in [1.54, 1.807) is 0 Å². The van der Waals surface area contributed by atoms with Gasteiger partial charge in [0.25, 0.3) is 0 Å². The number of aliphatic hydroxyl groups is 1. The van der Waals surface area contributed by atoms with Crippen LogP contribution in [0.1, 0.15) is 46.1 Å². The van der Waals surface area contributed by atoms with Gasteiger partial charge in [0.15, 0.2) is 0 Å². The molecule has 36 heavy (non-hydrogen) atoms. The molecule has 3 fully saturated rings. The zero-order valence-electron chi connectivity index (χ0n) is 21.6. The van der Waals surface area contributed by atoms with E-state index in [0.29, 0.717) is 12.3 Å². The smallest absolute Gasteiger partial charge is 0.302 e. The van der Waals surface area contributed by atoms with E-state index in [1.165, 1.54) is 12.5 Å². The molecule has 0 unspecified atom stereocenters. The van der Waals surface area contributed by atoms with Crippen molar-refractivity contribution in [2.24, 2.45) is 40.9 Å². The van der Waals surface area contributed by atoms with Crippen LogP contribution in [-0.2, 0) is 20.7 Å². The van der Waals surface area contributed by atoms with Gasteiger partial charge in [0.1, 0.15) is 6.10 Å². The number of hydrogen-bond acceptors (Lipinski definition) is 4. The molecule has 3 aliphatic carbocycles. The molecule has 2 saturated carbocycles. The van der Waals surface area contributed by atoms with Crippen molar-refractivity contribution >= 4 is 34.5 Å². The Bertz CT molecular complexity index is 1090. The number of carbonyl (C=O) groups is 2. The van der Waals surface area contributed by atoms with Crippen LogP contribution in [0.5, 0.6) is 0 Å². The third kappa shape index (κ3) is 3.89. The summed E-state index contributed by atoms with van der Waals surface area (Å²) < 4.78 is 6.43. The molecule has 11 atom stereocenters. The second-order valence-corrected chi connectivity index (χ2v) is 13.4. The molecule has 0 radical (unpaired) electrons. The predicted octanol–water partition coefficient (Wildman–Crippen LogP) is 4.87. The highest BCUT2D eigenvalue weighted by Crippen LogP contribution is 2.68. The average molecular weight is 604 g/mol. The zero-order valence-corrected chi connectivity index (χ0v) is 23.8. The summed E-state index contributed by atoms with van der Waals surface area (Å²) in [5.41, 5.74) is 2.24. The van der Waals surface area contributed by atoms with Gasteiger partial charge in [-0.05, 0) is 55.1 Å². The summed E-state index contributed by atoms with van der Waals surface area (Å²) in [4.78, 5) is 26.9. The van der Waals surface area contributed by atoms with Crippen molar-refractivity contribution in [2.75, 3.05) is 0 Å². The summed E-state index contributed by atoms with van der Waals surface area (Å²) in [6.45, 7) is 12.3. The van der Waals surface area contributed by atoms with Gasteiger partial charge in [-0.2, -0.15) is 0 Å². The first kappa shape index (κ1) is 26.0. The van der Waals surface area contributed by atoms with Crippen LogP contribution < -0.4 is 5.32 Å². The van der Waals surface area contributed by atoms with Crippen molar-refractivity contribution in [2.45, 2.75) is 69.1 Å². The van der Waals surface area contributed by atoms with E-state index in [-0.39, 0.29) is 51.4 Å². The molecular weight excluding hydrogens is 565 g/mol. The van der Waals surface area contributed by atoms with Crippen molar-refractivity contribution in [3.05, 3.63) is 59.7 Å². The number of amides is 1. The number of hydrogen-bond donors (Lipinski definition) is 2. The van der Waals surface area contributed by atoms with E-state index >= 15 is 0 Å². The molecule has 5 rings (SSSR count). The van der Waals surface area contributed by atoms with Crippen LogP contribution in [0.2, 0.25) is 0 Å². The van der Waals surface area contributed by atoms with Gasteiger partial charge in [-0.25, -0.2) is 0 Å². The second-order valence-electron chi connectivity index (χ2n) is 11.8. The van der Waals surface area contributed by atoms with E-state index in [2.05, 4.69) is 73.5 Å². The minimum absolute atomic E-state index is 0.00984. The summed E-state index contributed by atoms with van der Waals surface area (Å²) in [6.07, 6.45) is 3.53. The summed E-state index contributed by atoms with van der Waals surface area (Å²) in [5.74, 6) is -0.614. The quantitative estimate of drug-likeness (QED) is 0.224. The van der Waals surface area contributed by atoms with Crippen molar-refractivity contribution in [3.63, 3.8) is 0 Å². The maximum Gasteiger partial charge on any atom is 0.302 e. The first-order chi connectivity index (χ1) is 17.1. The normalized spacial score (nSPS) is 45.3. The fourth-order valence-corrected chi connectivity index (χ4v) is 10.2. The molecule has 6 heteroatoms. The average Bonchev–Trinajstić information content (AvgIpc) is 3.24. The Morgan fingerprint density at radius 1 is 1.25 bits per heavy atom. The van der Waals surface area contributed by atoms with Gasteiger partial charge in [-0.15, -0.1) is 0 Å². The molecule has 0 aromatic heterocycles. The lowest BCUT2D eigenvalue weighted by molar-refractivity contribution is -0.168. The second kappa shape index (κ2) is 9.57. The molecule has 0 bridgehead atoms. The molecule has 4 aliphatic rings. The SMILES string of the molecule is C=C1[C@@H](C)[C@H]2[C@H](Cc3ccccc3)NC(=O)[C@@]23[C@@H]([C@@H]2[C@H](/C=C(/C)C[C@@H](C)C[C@H]2I)[C@H]3OC(C)=O)[C@@H]1O. The summed E-state index contributed by atoms with van der Waals surface area (Å²) >= 11 is 2.53. The van der Waals surface area contributed by atoms with Crippen LogP contribution in [0, 0.1) is 40.9 Å². The molecule has 1 aromatic carbocycles. The lowest BCUT2D eigenvalue weighted by Crippen LogP contribution is -2.58. The maximum atomic E-state index is 14.3. The summed E-state index contributed by atoms with van der Waals surface area (Å²) in [6, 6.07) is 10.1. The molecule has 5 nitrogen and oxygen atoms in total. The van der Waals surface area contributed by atoms with Crippen molar-refractivity contribution in [1.29, 1.82) is 0 Å². The predicted molar refractivity (Wildman–Crippen MR) is 148 cm³/mol. The largest absolute Gasteiger partial charge is 0.461 e. The van der Waals surface area contributed by atoms with E-state index in [4.69, 9.17) is 4.74 Å². The third-order valence-electron chi connectivity index (χ3n) is 9.55. The van der Waals surface area contributed by atoms with Gasteiger partial charge in [0, 0.05) is 34.6 Å². The Labute approximate surface area is 228 Å². The van der Waals surface area contributed by atoms with Crippen LogP contribution in [0.25, 0.3) is 0 Å². The molecular formula is C30H38INO4. The molecule has 2 N–H and O–H groups in total. The standard InChI is InChI=1S/C30H38INO4/c1-15-11-16(2)13-22(31)24-21(12-15)28(36-19(5)33)30-25(17(3)18(4)27(34)26(24)30)23(32-29(30)35)14-20-9-7-6-8-10-20/h6-10,12,16-17,21-28,34H,4,11,13-14H2,1-3,5H3,(H,32,35)/b15-12-/t16-,17-,21+,22-,23+,24-,25+,26+,27-,28-,30-/m1/s1. The van der Waals surface area contributed by atoms with Crippen LogP contribution in [0.15, 0.2) is 54.1 Å². The zero-order chi connectivity index (χ0) is 25.9. The van der Waals surface area contributed by atoms with E-state index < -0.39 is 17.6 Å². The van der Waals surface area contributed by atoms with Crippen molar-refractivity contribution in [3.8, 4) is 0 Å². The summed E-state index contributed by atoms with van der Waals surface area (Å²) in [5, 5.41) is 15.2. The third-order valence-corrected chi connectivity index (χ3v) is 10.9. The Balaban J connectivity index is 1.70. The molecule has 1 spiro atoms. The Kier molecular flexibility index (Phi) is 6.90. The van der Waals surface area contributed by atoms with Gasteiger partial charge in [-0.1, -0.05) is 85.0 Å². The Hall–Kier alpha value is -1.67. The fourth-order valence-electron chi connectivity index (χ4n) is 8.43. The first-order valence-electron chi connectivity index (χ1n) is 13.3. The highest BCUT2D eigenvalue weighted by Gasteiger charge is 2.77. The summed E-state index contributed by atoms with van der Waals surface area (Å²) in [7, 11) is 0. The van der Waals surface area contributed by atoms with Gasteiger partial charge < -0.3 is 15.2 Å². The van der Waals surface area contributed by atoms with Gasteiger partial charge in [0.2, 0.25) is 5.91 Å². The van der Waals surface area contributed by atoms with Crippen molar-refractivity contribution < 1.29 is 19.4 Å². The van der Waals surface area contributed by atoms with Crippen LogP contribution in [0.3, 0.4) is 0 Å². The lowest BCUT2D eigenvalue weighted by atomic mass is 9.53. The number of fused-ring (bicyclic) bond motifs is 2. The number of esters is 1. The highest BCUT2D eigenvalue weighted by atomic mass is 127. The van der Waals surface area contributed by atoms with Gasteiger partial charge in [0.05, 0.1) is 11.5 Å². The Morgan fingerprint density at radius 3 is 2.61 bits per heavy atom. The topological polar surface area (TPSA) is 75.6 Å². The number of rotatable bonds is 3. The van der Waals surface area contributed by atoms with Crippen LogP contribution >= 0.6 is 22.6 Å². The number of ether oxygens (including phenoxy) is 1. The Morgan fingerprint density at radius 2 is 1.94 bits per heavy atom. The number of aliphatic hydroxyl groups excluding tert-OH is 1. The van der Waals surface area contributed by atoms with E-state index in [0.717, 1.165) is 24.0 Å². The molecule has 1 aliphatic heterocycles. The molecule has 194 valence electrons. The molecule has 1 heterocycles. The number of alkyl halides is 1. The van der Waals surface area contributed by atoms with Crippen molar-refractivity contribution in [1.82, 2.24) is 5.32 Å².